The smallest absolute Gasteiger partial charge is 0.225 e. The number of hydrogen-bond donors (Lipinski definition) is 0. The zero-order chi connectivity index (χ0) is 22.0. The number of hydrogen-bond acceptors (Lipinski definition) is 4. The lowest BCUT2D eigenvalue weighted by molar-refractivity contribution is 0.464. The van der Waals surface area contributed by atoms with Crippen molar-refractivity contribution < 1.29 is 14.2 Å². The van der Waals surface area contributed by atoms with Gasteiger partial charge in [0, 0.05) is 5.57 Å². The van der Waals surface area contributed by atoms with Crippen LogP contribution in [0.25, 0.3) is 0 Å². The summed E-state index contributed by atoms with van der Waals surface area (Å²) in [5.74, 6) is 3.38. The third-order valence-electron chi connectivity index (χ3n) is 4.46. The maximum absolute atomic E-state index is 6.04. The van der Waals surface area contributed by atoms with E-state index in [1.165, 1.54) is 0 Å². The average Bonchev–Trinajstić information content (AvgIpc) is 2.85. The van der Waals surface area contributed by atoms with Crippen LogP contribution in [0.3, 0.4) is 0 Å². The first-order valence-corrected chi connectivity index (χ1v) is 10.3. The second-order valence-electron chi connectivity index (χ2n) is 6.97. The minimum atomic E-state index is 0.464. The molecule has 0 aliphatic carbocycles. The molecule has 4 rings (SSSR count). The molecule has 0 saturated heterocycles. The summed E-state index contributed by atoms with van der Waals surface area (Å²) >= 11 is 0. The van der Waals surface area contributed by atoms with Crippen LogP contribution in [0.2, 0.25) is 0 Å². The predicted molar refractivity (Wildman–Crippen MR) is 128 cm³/mol. The van der Waals surface area contributed by atoms with E-state index in [1.54, 1.807) is 6.26 Å². The quantitative estimate of drug-likeness (QED) is 0.175. The van der Waals surface area contributed by atoms with Crippen LogP contribution < -0.4 is 14.2 Å². The van der Waals surface area contributed by atoms with Gasteiger partial charge in [0.05, 0.1) is 11.9 Å². The van der Waals surface area contributed by atoms with Gasteiger partial charge in [0.2, 0.25) is 5.90 Å². The van der Waals surface area contributed by atoms with Crippen LogP contribution in [0.5, 0.6) is 23.0 Å². The van der Waals surface area contributed by atoms with Crippen LogP contribution in [0.1, 0.15) is 6.92 Å². The zero-order valence-corrected chi connectivity index (χ0v) is 17.7. The average molecular weight is 421 g/mol. The molecule has 0 spiro atoms. The van der Waals surface area contributed by atoms with Crippen molar-refractivity contribution in [2.75, 3.05) is 0 Å². The minimum absolute atomic E-state index is 0.464. The maximum Gasteiger partial charge on any atom is 0.225 e. The molecular weight excluding hydrogens is 398 g/mol. The normalized spacial score (nSPS) is 11.7. The lowest BCUT2D eigenvalue weighted by Crippen LogP contribution is -2.10. The Kier molecular flexibility index (Phi) is 6.96. The molecule has 0 bridgehead atoms. The van der Waals surface area contributed by atoms with Gasteiger partial charge in [-0.2, -0.15) is 0 Å². The highest BCUT2D eigenvalue weighted by Crippen LogP contribution is 2.24. The number of para-hydroxylation sites is 3. The van der Waals surface area contributed by atoms with Crippen molar-refractivity contribution >= 4 is 11.6 Å². The number of benzene rings is 4. The van der Waals surface area contributed by atoms with Gasteiger partial charge < -0.3 is 14.2 Å². The fourth-order valence-corrected chi connectivity index (χ4v) is 2.83. The Labute approximate surface area is 188 Å². The highest BCUT2D eigenvalue weighted by atomic mass is 16.5. The third kappa shape index (κ3) is 6.09. The van der Waals surface area contributed by atoms with E-state index in [0.717, 1.165) is 22.8 Å². The van der Waals surface area contributed by atoms with Crippen molar-refractivity contribution in [1.82, 2.24) is 0 Å². The van der Waals surface area contributed by atoms with Gasteiger partial charge in [0.1, 0.15) is 23.0 Å². The highest BCUT2D eigenvalue weighted by molar-refractivity contribution is 5.96. The third-order valence-corrected chi connectivity index (χ3v) is 4.46. The number of aliphatic imine (C=N–C) groups is 1. The van der Waals surface area contributed by atoms with Crippen molar-refractivity contribution in [1.29, 1.82) is 0 Å². The first kappa shape index (κ1) is 20.9. The first-order chi connectivity index (χ1) is 15.8. The number of ether oxygens (including phenoxy) is 3. The van der Waals surface area contributed by atoms with Gasteiger partial charge in [-0.3, -0.25) is 0 Å². The molecule has 32 heavy (non-hydrogen) atoms. The Morgan fingerprint density at radius 3 is 1.72 bits per heavy atom. The Morgan fingerprint density at radius 2 is 1.09 bits per heavy atom. The molecule has 0 radical (unpaired) electrons. The van der Waals surface area contributed by atoms with Crippen LogP contribution >= 0.6 is 0 Å². The summed E-state index contributed by atoms with van der Waals surface area (Å²) in [5, 5.41) is 0. The van der Waals surface area contributed by atoms with Crippen molar-refractivity contribution in [3.05, 3.63) is 127 Å². The molecule has 158 valence electrons. The standard InChI is InChI=1S/C28H23NO3/c1-22(21-30-24-17-19-27(20-18-24)31-25-13-7-3-8-14-25)28(29-23-11-5-2-6-12-23)32-26-15-9-4-10-16-26/h2-21H,1H3. The molecule has 0 saturated carbocycles. The van der Waals surface area contributed by atoms with Crippen LogP contribution in [0.15, 0.2) is 132 Å². The topological polar surface area (TPSA) is 40.0 Å². The van der Waals surface area contributed by atoms with E-state index in [2.05, 4.69) is 4.99 Å². The molecule has 0 aromatic heterocycles. The van der Waals surface area contributed by atoms with Crippen molar-refractivity contribution in [3.63, 3.8) is 0 Å². The predicted octanol–water partition coefficient (Wildman–Crippen LogP) is 7.57. The zero-order valence-electron chi connectivity index (χ0n) is 17.7. The van der Waals surface area contributed by atoms with E-state index in [-0.39, 0.29) is 0 Å². The molecule has 4 nitrogen and oxygen atoms in total. The van der Waals surface area contributed by atoms with Gasteiger partial charge in [0.15, 0.2) is 0 Å². The molecule has 0 unspecified atom stereocenters. The summed E-state index contributed by atoms with van der Waals surface area (Å²) in [6.07, 6.45) is 1.64. The van der Waals surface area contributed by atoms with Crippen molar-refractivity contribution in [2.45, 2.75) is 6.92 Å². The van der Waals surface area contributed by atoms with Gasteiger partial charge in [0.25, 0.3) is 0 Å². The lowest BCUT2D eigenvalue weighted by atomic mass is 10.3. The molecule has 0 aliphatic heterocycles. The summed E-state index contributed by atoms with van der Waals surface area (Å²) in [6, 6.07) is 36.3. The molecule has 0 aliphatic rings. The first-order valence-electron chi connectivity index (χ1n) is 10.3. The number of rotatable bonds is 7. The molecule has 0 amide bonds. The Balaban J connectivity index is 1.48. The summed E-state index contributed by atoms with van der Waals surface area (Å²) in [5.41, 5.74) is 1.55. The molecule has 4 aromatic carbocycles. The van der Waals surface area contributed by atoms with Crippen LogP contribution in [0.4, 0.5) is 5.69 Å². The van der Waals surface area contributed by atoms with Crippen LogP contribution in [-0.4, -0.2) is 5.90 Å². The molecule has 0 heterocycles. The van der Waals surface area contributed by atoms with Gasteiger partial charge in [-0.1, -0.05) is 54.6 Å². The van der Waals surface area contributed by atoms with E-state index in [4.69, 9.17) is 14.2 Å². The maximum atomic E-state index is 6.04. The van der Waals surface area contributed by atoms with E-state index >= 15 is 0 Å². The second-order valence-corrected chi connectivity index (χ2v) is 6.97. The molecule has 0 N–H and O–H groups in total. The van der Waals surface area contributed by atoms with Gasteiger partial charge in [-0.05, 0) is 67.6 Å². The fraction of sp³-hybridized carbons (Fsp3) is 0.0357. The molecule has 0 fully saturated rings. The van der Waals surface area contributed by atoms with E-state index in [1.807, 2.05) is 122 Å². The Bertz CT molecular complexity index is 1170. The Morgan fingerprint density at radius 1 is 0.594 bits per heavy atom. The molecule has 4 heteroatoms. The summed E-state index contributed by atoms with van der Waals surface area (Å²) in [4.78, 5) is 4.65. The summed E-state index contributed by atoms with van der Waals surface area (Å²) < 4.78 is 17.7. The molecule has 4 aromatic rings. The Hall–Kier alpha value is -4.31. The second kappa shape index (κ2) is 10.6. The van der Waals surface area contributed by atoms with Gasteiger partial charge >= 0.3 is 0 Å². The van der Waals surface area contributed by atoms with Gasteiger partial charge in [-0.25, -0.2) is 4.99 Å². The van der Waals surface area contributed by atoms with Crippen LogP contribution in [0, 0.1) is 0 Å². The number of nitrogens with zero attached hydrogens (tertiary/aromatic N) is 1. The van der Waals surface area contributed by atoms with Crippen molar-refractivity contribution in [3.8, 4) is 23.0 Å². The molecule has 0 atom stereocenters. The summed E-state index contributed by atoms with van der Waals surface area (Å²) in [7, 11) is 0. The largest absolute Gasteiger partial charge is 0.465 e. The van der Waals surface area contributed by atoms with E-state index < -0.39 is 0 Å². The monoisotopic (exact) mass is 421 g/mol. The lowest BCUT2D eigenvalue weighted by Gasteiger charge is -2.10. The summed E-state index contributed by atoms with van der Waals surface area (Å²) in [6.45, 7) is 1.90. The van der Waals surface area contributed by atoms with Gasteiger partial charge in [-0.15, -0.1) is 0 Å². The fourth-order valence-electron chi connectivity index (χ4n) is 2.83. The SMILES string of the molecule is CC(=COc1ccc(Oc2ccccc2)cc1)C(=Nc1ccccc1)Oc1ccccc1. The van der Waals surface area contributed by atoms with Crippen molar-refractivity contribution in [2.24, 2.45) is 4.99 Å². The minimum Gasteiger partial charge on any atom is -0.465 e. The van der Waals surface area contributed by atoms with Crippen LogP contribution in [-0.2, 0) is 0 Å². The van der Waals surface area contributed by atoms with E-state index in [9.17, 15) is 0 Å². The highest BCUT2D eigenvalue weighted by Gasteiger charge is 2.08. The molecular formula is C28H23NO3. The van der Waals surface area contributed by atoms with E-state index in [0.29, 0.717) is 17.4 Å².